The second-order valence-corrected chi connectivity index (χ2v) is 6.63. The predicted octanol–water partition coefficient (Wildman–Crippen LogP) is 3.24. The molecule has 0 amide bonds. The van der Waals surface area contributed by atoms with Crippen LogP contribution in [0.1, 0.15) is 12.5 Å². The van der Waals surface area contributed by atoms with Crippen LogP contribution < -0.4 is 5.32 Å². The Kier molecular flexibility index (Phi) is 5.24. The van der Waals surface area contributed by atoms with E-state index in [-0.39, 0.29) is 10.6 Å². The van der Waals surface area contributed by atoms with Crippen molar-refractivity contribution in [1.29, 1.82) is 0 Å². The van der Waals surface area contributed by atoms with Gasteiger partial charge in [0.2, 0.25) is 0 Å². The first kappa shape index (κ1) is 14.8. The second kappa shape index (κ2) is 6.72. The molecule has 4 nitrogen and oxygen atoms in total. The summed E-state index contributed by atoms with van der Waals surface area (Å²) in [5.41, 5.74) is 1.29. The zero-order chi connectivity index (χ0) is 13.8. The van der Waals surface area contributed by atoms with E-state index in [0.717, 1.165) is 34.5 Å². The molecular weight excluding hydrogens is 328 g/mol. The highest BCUT2D eigenvalue weighted by molar-refractivity contribution is 9.10. The fraction of sp³-hybridized carbons (Fsp3) is 0.538. The van der Waals surface area contributed by atoms with Gasteiger partial charge in [-0.1, -0.05) is 28.9 Å². The number of nitrogens with zero attached hydrogens (tertiary/aromatic N) is 1. The molecule has 2 unspecified atom stereocenters. The fourth-order valence-electron chi connectivity index (χ4n) is 2.39. The number of benzene rings is 1. The lowest BCUT2D eigenvalue weighted by Crippen LogP contribution is -2.36. The maximum atomic E-state index is 10.7. The zero-order valence-electron chi connectivity index (χ0n) is 10.8. The van der Waals surface area contributed by atoms with E-state index < -0.39 is 0 Å². The van der Waals surface area contributed by atoms with E-state index in [1.165, 1.54) is 0 Å². The van der Waals surface area contributed by atoms with E-state index in [2.05, 4.69) is 28.2 Å². The summed E-state index contributed by atoms with van der Waals surface area (Å²) in [6.45, 7) is 3.12. The summed E-state index contributed by atoms with van der Waals surface area (Å²) in [5.74, 6) is 2.91. The molecule has 6 heteroatoms. The maximum Gasteiger partial charge on any atom is 0.270 e. The van der Waals surface area contributed by atoms with Crippen molar-refractivity contribution in [2.75, 3.05) is 18.1 Å². The van der Waals surface area contributed by atoms with E-state index in [9.17, 15) is 10.1 Å². The lowest BCUT2D eigenvalue weighted by Gasteiger charge is -2.20. The Balaban J connectivity index is 2.08. The van der Waals surface area contributed by atoms with Gasteiger partial charge in [0.05, 0.1) is 4.92 Å². The Labute approximate surface area is 125 Å². The molecule has 1 aromatic rings. The van der Waals surface area contributed by atoms with E-state index in [1.807, 2.05) is 17.8 Å². The molecule has 0 bridgehead atoms. The van der Waals surface area contributed by atoms with Gasteiger partial charge in [0.1, 0.15) is 0 Å². The van der Waals surface area contributed by atoms with Crippen molar-refractivity contribution in [2.45, 2.75) is 19.4 Å². The van der Waals surface area contributed by atoms with Crippen molar-refractivity contribution in [3.8, 4) is 0 Å². The van der Waals surface area contributed by atoms with Crippen LogP contribution in [-0.2, 0) is 6.42 Å². The molecule has 2 atom stereocenters. The number of nitro benzene ring substituents is 1. The van der Waals surface area contributed by atoms with Crippen LogP contribution in [0, 0.1) is 16.0 Å². The molecule has 1 fully saturated rings. The predicted molar refractivity (Wildman–Crippen MR) is 82.8 cm³/mol. The lowest BCUT2D eigenvalue weighted by atomic mass is 9.95. The van der Waals surface area contributed by atoms with E-state index >= 15 is 0 Å². The van der Waals surface area contributed by atoms with Crippen molar-refractivity contribution < 1.29 is 4.92 Å². The number of hydrogen-bond donors (Lipinski definition) is 1. The summed E-state index contributed by atoms with van der Waals surface area (Å²) in [5, 5.41) is 14.2. The van der Waals surface area contributed by atoms with E-state index in [0.29, 0.717) is 12.0 Å². The van der Waals surface area contributed by atoms with Crippen LogP contribution in [0.5, 0.6) is 0 Å². The van der Waals surface area contributed by atoms with Crippen molar-refractivity contribution in [1.82, 2.24) is 5.32 Å². The van der Waals surface area contributed by atoms with Crippen LogP contribution in [-0.4, -0.2) is 29.0 Å². The topological polar surface area (TPSA) is 55.2 Å². The largest absolute Gasteiger partial charge is 0.313 e. The van der Waals surface area contributed by atoms with Crippen LogP contribution in [0.4, 0.5) is 5.69 Å². The first-order chi connectivity index (χ1) is 9.11. The molecular formula is C13H17BrN2O2S. The number of nitro groups is 1. The van der Waals surface area contributed by atoms with Crippen molar-refractivity contribution in [3.05, 3.63) is 38.3 Å². The number of non-ortho nitro benzene ring substituents is 1. The molecule has 0 radical (unpaired) electrons. The Hall–Kier alpha value is -0.590. The van der Waals surface area contributed by atoms with Crippen molar-refractivity contribution in [3.63, 3.8) is 0 Å². The van der Waals surface area contributed by atoms with E-state index in [4.69, 9.17) is 0 Å². The number of rotatable bonds is 5. The number of hydrogen-bond acceptors (Lipinski definition) is 4. The summed E-state index contributed by atoms with van der Waals surface area (Å²) in [4.78, 5) is 10.4. The summed E-state index contributed by atoms with van der Waals surface area (Å²) in [6.07, 6.45) is 0.962. The van der Waals surface area contributed by atoms with Gasteiger partial charge in [-0.2, -0.15) is 11.8 Å². The first-order valence-corrected chi connectivity index (χ1v) is 8.30. The molecule has 1 aromatic carbocycles. The van der Waals surface area contributed by atoms with Gasteiger partial charge in [-0.3, -0.25) is 10.1 Å². The Morgan fingerprint density at radius 2 is 2.32 bits per heavy atom. The SMILES string of the molecule is CCNC1CSCC1Cc1ccc([N+](=O)[O-])cc1Br. The molecule has 0 saturated carbocycles. The van der Waals surface area contributed by atoms with Gasteiger partial charge in [0.15, 0.2) is 0 Å². The molecule has 104 valence electrons. The Bertz CT molecular complexity index is 470. The van der Waals surface area contributed by atoms with Crippen LogP contribution in [0.15, 0.2) is 22.7 Å². The molecule has 0 aliphatic carbocycles. The van der Waals surface area contributed by atoms with Crippen molar-refractivity contribution >= 4 is 33.4 Å². The van der Waals surface area contributed by atoms with Gasteiger partial charge in [0, 0.05) is 28.4 Å². The molecule has 0 aromatic heterocycles. The molecule has 1 saturated heterocycles. The summed E-state index contributed by atoms with van der Waals surface area (Å²) in [7, 11) is 0. The first-order valence-electron chi connectivity index (χ1n) is 6.35. The van der Waals surface area contributed by atoms with Gasteiger partial charge >= 0.3 is 0 Å². The third kappa shape index (κ3) is 3.70. The molecule has 1 aliphatic heterocycles. The highest BCUT2D eigenvalue weighted by Crippen LogP contribution is 2.31. The van der Waals surface area contributed by atoms with Gasteiger partial charge in [0.25, 0.3) is 5.69 Å². The lowest BCUT2D eigenvalue weighted by molar-refractivity contribution is -0.384. The summed E-state index contributed by atoms with van der Waals surface area (Å²) in [6, 6.07) is 5.61. The van der Waals surface area contributed by atoms with Gasteiger partial charge < -0.3 is 5.32 Å². The molecule has 1 N–H and O–H groups in total. The molecule has 1 heterocycles. The normalized spacial score (nSPS) is 22.6. The third-order valence-electron chi connectivity index (χ3n) is 3.39. The molecule has 19 heavy (non-hydrogen) atoms. The second-order valence-electron chi connectivity index (χ2n) is 4.70. The zero-order valence-corrected chi connectivity index (χ0v) is 13.2. The van der Waals surface area contributed by atoms with Crippen LogP contribution in [0.25, 0.3) is 0 Å². The minimum Gasteiger partial charge on any atom is -0.313 e. The standard InChI is InChI=1S/C13H17BrN2O2S/c1-2-15-13-8-19-7-10(13)5-9-3-4-11(16(17)18)6-12(9)14/h3-4,6,10,13,15H,2,5,7-8H2,1H3. The Morgan fingerprint density at radius 1 is 1.53 bits per heavy atom. The van der Waals surface area contributed by atoms with Crippen LogP contribution in [0.3, 0.4) is 0 Å². The van der Waals surface area contributed by atoms with Gasteiger partial charge in [-0.25, -0.2) is 0 Å². The highest BCUT2D eigenvalue weighted by atomic mass is 79.9. The number of nitrogens with one attached hydrogen (secondary N) is 1. The average Bonchev–Trinajstić information content (AvgIpc) is 2.79. The van der Waals surface area contributed by atoms with Crippen LogP contribution in [0.2, 0.25) is 0 Å². The molecule has 2 rings (SSSR count). The van der Waals surface area contributed by atoms with Gasteiger partial charge in [-0.15, -0.1) is 0 Å². The van der Waals surface area contributed by atoms with E-state index in [1.54, 1.807) is 12.1 Å². The minimum absolute atomic E-state index is 0.139. The molecule has 1 aliphatic rings. The number of halogens is 1. The Morgan fingerprint density at radius 3 is 2.95 bits per heavy atom. The number of thioether (sulfide) groups is 1. The quantitative estimate of drug-likeness (QED) is 0.658. The minimum atomic E-state index is -0.360. The fourth-order valence-corrected chi connectivity index (χ4v) is 4.35. The summed E-state index contributed by atoms with van der Waals surface area (Å²) < 4.78 is 0.842. The highest BCUT2D eigenvalue weighted by Gasteiger charge is 2.27. The van der Waals surface area contributed by atoms with Crippen molar-refractivity contribution in [2.24, 2.45) is 5.92 Å². The average molecular weight is 345 g/mol. The third-order valence-corrected chi connectivity index (χ3v) is 5.39. The smallest absolute Gasteiger partial charge is 0.270 e. The van der Waals surface area contributed by atoms with Gasteiger partial charge in [-0.05, 0) is 30.2 Å². The molecule has 0 spiro atoms. The monoisotopic (exact) mass is 344 g/mol. The summed E-state index contributed by atoms with van der Waals surface area (Å²) >= 11 is 5.43. The maximum absolute atomic E-state index is 10.7. The van der Waals surface area contributed by atoms with Crippen LogP contribution >= 0.6 is 27.7 Å².